The van der Waals surface area contributed by atoms with Crippen molar-refractivity contribution in [1.82, 2.24) is 0 Å². The van der Waals surface area contributed by atoms with E-state index in [-0.39, 0.29) is 5.69 Å². The van der Waals surface area contributed by atoms with Crippen LogP contribution in [0.2, 0.25) is 0 Å². The van der Waals surface area contributed by atoms with E-state index >= 15 is 0 Å². The van der Waals surface area contributed by atoms with Gasteiger partial charge in [0.15, 0.2) is 0 Å². The Morgan fingerprint density at radius 3 is 2.65 bits per heavy atom. The van der Waals surface area contributed by atoms with E-state index in [9.17, 15) is 13.2 Å². The number of hydrogen-bond acceptors (Lipinski definition) is 2. The minimum Gasteiger partial charge on any atom is -0.385 e. The van der Waals surface area contributed by atoms with Crippen molar-refractivity contribution in [1.29, 1.82) is 5.26 Å². The molecule has 0 spiro atoms. The molecule has 0 unspecified atom stereocenters. The molecule has 0 aromatic heterocycles. The Hall–Kier alpha value is -1.22. The third kappa shape index (κ3) is 4.27. The Labute approximate surface area is 106 Å². The molecule has 92 valence electrons. The second-order valence-corrected chi connectivity index (χ2v) is 4.29. The first-order chi connectivity index (χ1) is 7.95. The van der Waals surface area contributed by atoms with Crippen LogP contribution in [0.4, 0.5) is 18.9 Å². The van der Waals surface area contributed by atoms with E-state index in [4.69, 9.17) is 5.26 Å². The Morgan fingerprint density at radius 2 is 2.06 bits per heavy atom. The van der Waals surface area contributed by atoms with Crippen molar-refractivity contribution < 1.29 is 13.2 Å². The average molecular weight is 307 g/mol. The lowest BCUT2D eigenvalue weighted by Crippen LogP contribution is -2.11. The highest BCUT2D eigenvalue weighted by atomic mass is 79.9. The van der Waals surface area contributed by atoms with Crippen molar-refractivity contribution >= 4 is 21.6 Å². The molecular formula is C11H10BrF3N2. The minimum atomic E-state index is -4.39. The van der Waals surface area contributed by atoms with Gasteiger partial charge in [-0.3, -0.25) is 0 Å². The SMILES string of the molecule is N#CCCCNc1ccc(Br)cc1C(F)(F)F. The van der Waals surface area contributed by atoms with Crippen LogP contribution in [0.5, 0.6) is 0 Å². The van der Waals surface area contributed by atoms with Crippen LogP contribution in [0, 0.1) is 11.3 Å². The predicted molar refractivity (Wildman–Crippen MR) is 62.5 cm³/mol. The van der Waals surface area contributed by atoms with Gasteiger partial charge in [-0.05, 0) is 24.6 Å². The number of unbranched alkanes of at least 4 members (excludes halogenated alkanes) is 1. The van der Waals surface area contributed by atoms with Crippen molar-refractivity contribution in [3.63, 3.8) is 0 Å². The fraction of sp³-hybridized carbons (Fsp3) is 0.364. The molecule has 0 aliphatic rings. The number of nitrogens with one attached hydrogen (secondary N) is 1. The molecule has 0 saturated heterocycles. The summed E-state index contributed by atoms with van der Waals surface area (Å²) >= 11 is 3.01. The summed E-state index contributed by atoms with van der Waals surface area (Å²) in [6, 6.07) is 5.89. The summed E-state index contributed by atoms with van der Waals surface area (Å²) in [5.74, 6) is 0. The molecular weight excluding hydrogens is 297 g/mol. The van der Waals surface area contributed by atoms with Gasteiger partial charge in [-0.2, -0.15) is 18.4 Å². The lowest BCUT2D eigenvalue weighted by molar-refractivity contribution is -0.137. The molecule has 0 amide bonds. The van der Waals surface area contributed by atoms with Crippen LogP contribution in [0.25, 0.3) is 0 Å². The van der Waals surface area contributed by atoms with Gasteiger partial charge >= 0.3 is 6.18 Å². The average Bonchev–Trinajstić information content (AvgIpc) is 2.25. The summed E-state index contributed by atoms with van der Waals surface area (Å²) in [5, 5.41) is 11.0. The molecule has 17 heavy (non-hydrogen) atoms. The molecule has 1 aromatic carbocycles. The molecule has 0 bridgehead atoms. The third-order valence-electron chi connectivity index (χ3n) is 2.07. The van der Waals surface area contributed by atoms with Crippen LogP contribution in [0.3, 0.4) is 0 Å². The largest absolute Gasteiger partial charge is 0.418 e. The van der Waals surface area contributed by atoms with E-state index in [1.807, 2.05) is 6.07 Å². The van der Waals surface area contributed by atoms with Gasteiger partial charge in [0.05, 0.1) is 11.6 Å². The second kappa shape index (κ2) is 5.92. The third-order valence-corrected chi connectivity index (χ3v) is 2.56. The maximum absolute atomic E-state index is 12.7. The van der Waals surface area contributed by atoms with Crippen LogP contribution in [-0.2, 0) is 6.18 Å². The Kier molecular flexibility index (Phi) is 4.82. The quantitative estimate of drug-likeness (QED) is 0.847. The molecule has 0 aliphatic carbocycles. The standard InChI is InChI=1S/C11H10BrF3N2/c12-8-3-4-10(17-6-2-1-5-16)9(7-8)11(13,14)15/h3-4,7,17H,1-2,6H2. The van der Waals surface area contributed by atoms with E-state index in [2.05, 4.69) is 21.2 Å². The van der Waals surface area contributed by atoms with E-state index in [1.165, 1.54) is 6.07 Å². The van der Waals surface area contributed by atoms with Crippen molar-refractivity contribution in [3.8, 4) is 6.07 Å². The van der Waals surface area contributed by atoms with E-state index in [0.717, 1.165) is 6.07 Å². The van der Waals surface area contributed by atoms with Gasteiger partial charge < -0.3 is 5.32 Å². The van der Waals surface area contributed by atoms with Crippen molar-refractivity contribution in [2.75, 3.05) is 11.9 Å². The number of hydrogen-bond donors (Lipinski definition) is 1. The number of nitrogens with zero attached hydrogens (tertiary/aromatic N) is 1. The normalized spacial score (nSPS) is 11.0. The maximum atomic E-state index is 12.7. The zero-order valence-corrected chi connectivity index (χ0v) is 10.4. The fourth-order valence-corrected chi connectivity index (χ4v) is 1.66. The summed E-state index contributed by atoms with van der Waals surface area (Å²) < 4.78 is 38.5. The molecule has 6 heteroatoms. The predicted octanol–water partition coefficient (Wildman–Crippen LogP) is 4.18. The van der Waals surface area contributed by atoms with Gasteiger partial charge in [0.1, 0.15) is 0 Å². The van der Waals surface area contributed by atoms with Crippen LogP contribution in [0.1, 0.15) is 18.4 Å². The maximum Gasteiger partial charge on any atom is 0.418 e. The second-order valence-electron chi connectivity index (χ2n) is 3.38. The van der Waals surface area contributed by atoms with Crippen molar-refractivity contribution in [2.24, 2.45) is 0 Å². The molecule has 0 aliphatic heterocycles. The molecule has 0 saturated carbocycles. The Bertz CT molecular complexity index is 424. The Balaban J connectivity index is 2.81. The number of alkyl halides is 3. The van der Waals surface area contributed by atoms with Gasteiger partial charge in [-0.25, -0.2) is 0 Å². The van der Waals surface area contributed by atoms with Crippen molar-refractivity contribution in [3.05, 3.63) is 28.2 Å². The van der Waals surface area contributed by atoms with E-state index in [0.29, 0.717) is 23.9 Å². The monoisotopic (exact) mass is 306 g/mol. The van der Waals surface area contributed by atoms with Crippen LogP contribution in [-0.4, -0.2) is 6.54 Å². The smallest absolute Gasteiger partial charge is 0.385 e. The first-order valence-electron chi connectivity index (χ1n) is 4.92. The highest BCUT2D eigenvalue weighted by Gasteiger charge is 2.33. The molecule has 1 rings (SSSR count). The summed E-state index contributed by atoms with van der Waals surface area (Å²) in [4.78, 5) is 0. The van der Waals surface area contributed by atoms with Crippen LogP contribution in [0.15, 0.2) is 22.7 Å². The lowest BCUT2D eigenvalue weighted by Gasteiger charge is -2.14. The Morgan fingerprint density at radius 1 is 1.35 bits per heavy atom. The number of rotatable bonds is 4. The minimum absolute atomic E-state index is 0.0404. The van der Waals surface area contributed by atoms with Crippen LogP contribution >= 0.6 is 15.9 Å². The van der Waals surface area contributed by atoms with E-state index in [1.54, 1.807) is 6.07 Å². The number of anilines is 1. The van der Waals surface area contributed by atoms with Gasteiger partial charge in [0.25, 0.3) is 0 Å². The van der Waals surface area contributed by atoms with Gasteiger partial charge in [-0.15, -0.1) is 0 Å². The van der Waals surface area contributed by atoms with Gasteiger partial charge in [0.2, 0.25) is 0 Å². The zero-order valence-electron chi connectivity index (χ0n) is 8.81. The summed E-state index contributed by atoms with van der Waals surface area (Å²) in [6.45, 7) is 0.346. The van der Waals surface area contributed by atoms with Crippen LogP contribution < -0.4 is 5.32 Å². The topological polar surface area (TPSA) is 35.8 Å². The molecule has 0 heterocycles. The summed E-state index contributed by atoms with van der Waals surface area (Å²) in [5.41, 5.74) is -0.664. The molecule has 0 radical (unpaired) electrons. The number of nitriles is 1. The first-order valence-corrected chi connectivity index (χ1v) is 5.72. The highest BCUT2D eigenvalue weighted by molar-refractivity contribution is 9.10. The number of benzene rings is 1. The highest BCUT2D eigenvalue weighted by Crippen LogP contribution is 2.36. The molecule has 0 fully saturated rings. The first kappa shape index (κ1) is 13.8. The molecule has 1 aromatic rings. The van der Waals surface area contributed by atoms with Gasteiger partial charge in [-0.1, -0.05) is 15.9 Å². The van der Waals surface area contributed by atoms with E-state index < -0.39 is 11.7 Å². The zero-order chi connectivity index (χ0) is 12.9. The fourth-order valence-electron chi connectivity index (χ4n) is 1.30. The molecule has 2 nitrogen and oxygen atoms in total. The van der Waals surface area contributed by atoms with Crippen molar-refractivity contribution in [2.45, 2.75) is 19.0 Å². The summed E-state index contributed by atoms with van der Waals surface area (Å²) in [7, 11) is 0. The lowest BCUT2D eigenvalue weighted by atomic mass is 10.1. The molecule has 1 N–H and O–H groups in total. The summed E-state index contributed by atoms with van der Waals surface area (Å²) in [6.07, 6.45) is -3.55. The molecule has 0 atom stereocenters. The van der Waals surface area contributed by atoms with Gasteiger partial charge in [0, 0.05) is 23.1 Å². The number of halogens is 4.